The lowest BCUT2D eigenvalue weighted by atomic mass is 10.1. The van der Waals surface area contributed by atoms with Crippen LogP contribution >= 0.6 is 0 Å². The third-order valence-electron chi connectivity index (χ3n) is 3.35. The quantitative estimate of drug-likeness (QED) is 0.819. The summed E-state index contributed by atoms with van der Waals surface area (Å²) in [6.07, 6.45) is 5.78. The van der Waals surface area contributed by atoms with Crippen LogP contribution in [-0.4, -0.2) is 16.5 Å². The Balaban J connectivity index is 1.91. The first kappa shape index (κ1) is 11.2. The Morgan fingerprint density at radius 1 is 1.50 bits per heavy atom. The van der Waals surface area contributed by atoms with Crippen LogP contribution < -0.4 is 11.1 Å². The molecule has 88 valence electrons. The van der Waals surface area contributed by atoms with Crippen LogP contribution in [0.5, 0.6) is 0 Å². The van der Waals surface area contributed by atoms with Crippen molar-refractivity contribution in [3.05, 3.63) is 11.8 Å². The summed E-state index contributed by atoms with van der Waals surface area (Å²) in [5.74, 6) is 2.88. The van der Waals surface area contributed by atoms with Gasteiger partial charge in [-0.1, -0.05) is 13.3 Å². The summed E-state index contributed by atoms with van der Waals surface area (Å²) in [5.41, 5.74) is 6.63. The van der Waals surface area contributed by atoms with Gasteiger partial charge in [0.05, 0.1) is 0 Å². The molecule has 0 aliphatic heterocycles. The molecule has 1 saturated carbocycles. The molecule has 3 N–H and O–H groups in total. The Bertz CT molecular complexity index is 364. The molecular weight excluding hydrogens is 200 g/mol. The van der Waals surface area contributed by atoms with Crippen LogP contribution in [-0.2, 0) is 0 Å². The molecule has 1 aliphatic rings. The first-order valence-electron chi connectivity index (χ1n) is 5.98. The lowest BCUT2D eigenvalue weighted by Gasteiger charge is -2.13. The summed E-state index contributed by atoms with van der Waals surface area (Å²) < 4.78 is 0. The highest BCUT2D eigenvalue weighted by Crippen LogP contribution is 2.30. The molecule has 1 fully saturated rings. The van der Waals surface area contributed by atoms with E-state index in [9.17, 15) is 0 Å². The lowest BCUT2D eigenvalue weighted by molar-refractivity contribution is 0.536. The van der Waals surface area contributed by atoms with Crippen LogP contribution in [0.1, 0.15) is 31.7 Å². The van der Waals surface area contributed by atoms with Crippen molar-refractivity contribution in [1.82, 2.24) is 9.97 Å². The monoisotopic (exact) mass is 220 g/mol. The van der Waals surface area contributed by atoms with Crippen molar-refractivity contribution in [3.63, 3.8) is 0 Å². The van der Waals surface area contributed by atoms with Crippen LogP contribution in [0.25, 0.3) is 0 Å². The van der Waals surface area contributed by atoms with E-state index in [2.05, 4.69) is 22.2 Å². The van der Waals surface area contributed by atoms with E-state index in [1.165, 1.54) is 19.3 Å². The van der Waals surface area contributed by atoms with E-state index in [4.69, 9.17) is 5.73 Å². The molecule has 16 heavy (non-hydrogen) atoms. The minimum absolute atomic E-state index is 0.341. The van der Waals surface area contributed by atoms with E-state index in [0.29, 0.717) is 5.95 Å². The SMILES string of the molecule is Cc1cnc(N)nc1NCC1CCC(C)C1. The number of hydrogen-bond donors (Lipinski definition) is 2. The summed E-state index contributed by atoms with van der Waals surface area (Å²) in [6, 6.07) is 0. The molecule has 1 aromatic heterocycles. The zero-order chi connectivity index (χ0) is 11.5. The highest BCUT2D eigenvalue weighted by Gasteiger charge is 2.21. The minimum atomic E-state index is 0.341. The Morgan fingerprint density at radius 2 is 2.31 bits per heavy atom. The van der Waals surface area contributed by atoms with Gasteiger partial charge in [-0.05, 0) is 31.6 Å². The molecule has 2 unspecified atom stereocenters. The van der Waals surface area contributed by atoms with Gasteiger partial charge in [0.25, 0.3) is 0 Å². The molecule has 1 aromatic rings. The van der Waals surface area contributed by atoms with Crippen molar-refractivity contribution < 1.29 is 0 Å². The number of nitrogen functional groups attached to an aromatic ring is 1. The molecule has 4 heteroatoms. The van der Waals surface area contributed by atoms with E-state index in [0.717, 1.165) is 29.8 Å². The molecule has 2 atom stereocenters. The largest absolute Gasteiger partial charge is 0.369 e. The maximum Gasteiger partial charge on any atom is 0.221 e. The van der Waals surface area contributed by atoms with Gasteiger partial charge in [-0.2, -0.15) is 4.98 Å². The topological polar surface area (TPSA) is 63.8 Å². The molecule has 0 bridgehead atoms. The fourth-order valence-corrected chi connectivity index (χ4v) is 2.39. The van der Waals surface area contributed by atoms with Crippen molar-refractivity contribution in [2.45, 2.75) is 33.1 Å². The molecule has 0 spiro atoms. The number of nitrogens with one attached hydrogen (secondary N) is 1. The van der Waals surface area contributed by atoms with Crippen LogP contribution in [0.3, 0.4) is 0 Å². The van der Waals surface area contributed by atoms with Crippen LogP contribution in [0, 0.1) is 18.8 Å². The van der Waals surface area contributed by atoms with E-state index in [1.807, 2.05) is 6.92 Å². The second kappa shape index (κ2) is 4.68. The highest BCUT2D eigenvalue weighted by atomic mass is 15.1. The number of hydrogen-bond acceptors (Lipinski definition) is 4. The number of nitrogens with zero attached hydrogens (tertiary/aromatic N) is 2. The molecule has 0 radical (unpaired) electrons. The molecule has 4 nitrogen and oxygen atoms in total. The van der Waals surface area contributed by atoms with E-state index >= 15 is 0 Å². The third kappa shape index (κ3) is 2.62. The first-order valence-corrected chi connectivity index (χ1v) is 5.98. The maximum absolute atomic E-state index is 5.57. The highest BCUT2D eigenvalue weighted by molar-refractivity contribution is 5.45. The van der Waals surface area contributed by atoms with Crippen molar-refractivity contribution >= 4 is 11.8 Å². The second-order valence-electron chi connectivity index (χ2n) is 4.92. The number of anilines is 2. The Labute approximate surface area is 96.7 Å². The van der Waals surface area contributed by atoms with Crippen LogP contribution in [0.4, 0.5) is 11.8 Å². The number of aromatic nitrogens is 2. The Morgan fingerprint density at radius 3 is 3.00 bits per heavy atom. The zero-order valence-electron chi connectivity index (χ0n) is 10.0. The van der Waals surface area contributed by atoms with Gasteiger partial charge in [0.15, 0.2) is 0 Å². The fourth-order valence-electron chi connectivity index (χ4n) is 2.39. The number of rotatable bonds is 3. The minimum Gasteiger partial charge on any atom is -0.369 e. The number of aryl methyl sites for hydroxylation is 1. The molecular formula is C12H20N4. The van der Waals surface area contributed by atoms with Gasteiger partial charge in [0.2, 0.25) is 5.95 Å². The van der Waals surface area contributed by atoms with Gasteiger partial charge >= 0.3 is 0 Å². The average molecular weight is 220 g/mol. The summed E-state index contributed by atoms with van der Waals surface area (Å²) in [6.45, 7) is 5.33. The van der Waals surface area contributed by atoms with Crippen molar-refractivity contribution in [3.8, 4) is 0 Å². The summed E-state index contributed by atoms with van der Waals surface area (Å²) in [4.78, 5) is 8.17. The van der Waals surface area contributed by atoms with E-state index in [-0.39, 0.29) is 0 Å². The predicted molar refractivity (Wildman–Crippen MR) is 66.2 cm³/mol. The van der Waals surface area contributed by atoms with Gasteiger partial charge in [-0.3, -0.25) is 0 Å². The summed E-state index contributed by atoms with van der Waals surface area (Å²) in [5, 5.41) is 3.39. The van der Waals surface area contributed by atoms with Crippen LogP contribution in [0.15, 0.2) is 6.20 Å². The van der Waals surface area contributed by atoms with Crippen molar-refractivity contribution in [2.75, 3.05) is 17.6 Å². The Hall–Kier alpha value is -1.32. The molecule has 0 amide bonds. The van der Waals surface area contributed by atoms with Crippen molar-refractivity contribution in [1.29, 1.82) is 0 Å². The molecule has 2 rings (SSSR count). The maximum atomic E-state index is 5.57. The van der Waals surface area contributed by atoms with Gasteiger partial charge in [-0.15, -0.1) is 0 Å². The molecule has 1 heterocycles. The molecule has 1 aliphatic carbocycles. The molecule has 0 saturated heterocycles. The molecule has 0 aromatic carbocycles. The predicted octanol–water partition coefficient (Wildman–Crippen LogP) is 2.22. The zero-order valence-corrected chi connectivity index (χ0v) is 10.0. The second-order valence-corrected chi connectivity index (χ2v) is 4.92. The van der Waals surface area contributed by atoms with E-state index < -0.39 is 0 Å². The standard InChI is InChI=1S/C12H20N4/c1-8-3-4-10(5-8)7-14-11-9(2)6-15-12(13)16-11/h6,8,10H,3-5,7H2,1-2H3,(H3,13,14,15,16). The summed E-state index contributed by atoms with van der Waals surface area (Å²) >= 11 is 0. The normalized spacial score (nSPS) is 24.6. The van der Waals surface area contributed by atoms with E-state index in [1.54, 1.807) is 6.20 Å². The van der Waals surface area contributed by atoms with Gasteiger partial charge in [-0.25, -0.2) is 4.98 Å². The van der Waals surface area contributed by atoms with Crippen molar-refractivity contribution in [2.24, 2.45) is 11.8 Å². The average Bonchev–Trinajstić information content (AvgIpc) is 2.66. The van der Waals surface area contributed by atoms with Crippen LogP contribution in [0.2, 0.25) is 0 Å². The third-order valence-corrected chi connectivity index (χ3v) is 3.35. The summed E-state index contributed by atoms with van der Waals surface area (Å²) in [7, 11) is 0. The lowest BCUT2D eigenvalue weighted by Crippen LogP contribution is -2.14. The number of nitrogens with two attached hydrogens (primary N) is 1. The van der Waals surface area contributed by atoms with Gasteiger partial charge < -0.3 is 11.1 Å². The Kier molecular flexibility index (Phi) is 3.27. The fraction of sp³-hybridized carbons (Fsp3) is 0.667. The van der Waals surface area contributed by atoms with Gasteiger partial charge in [0.1, 0.15) is 5.82 Å². The van der Waals surface area contributed by atoms with Gasteiger partial charge in [0, 0.05) is 18.3 Å². The first-order chi connectivity index (χ1) is 7.65. The smallest absolute Gasteiger partial charge is 0.221 e.